The van der Waals surface area contributed by atoms with E-state index in [0.29, 0.717) is 0 Å². The third-order valence-corrected chi connectivity index (χ3v) is 5.05. The molecular weight excluding hydrogens is 310 g/mol. The van der Waals surface area contributed by atoms with Crippen molar-refractivity contribution in [3.63, 3.8) is 0 Å². The van der Waals surface area contributed by atoms with Gasteiger partial charge in [0.15, 0.2) is 0 Å². The number of rotatable bonds is 0. The van der Waals surface area contributed by atoms with Crippen molar-refractivity contribution >= 4 is 26.7 Å². The Bertz CT molecular complexity index is 849. The minimum Gasteiger partial charge on any atom is -0.260 e. The second kappa shape index (κ2) is 3.92. The molecule has 1 nitrogen and oxygen atoms in total. The first kappa shape index (κ1) is 12.1. The molecule has 0 unspecified atom stereocenters. The lowest BCUT2D eigenvalue weighted by Crippen LogP contribution is -2.25. The number of pyridine rings is 1. The number of fused-ring (bicyclic) bond motifs is 2. The second-order valence-electron chi connectivity index (χ2n) is 5.85. The molecule has 1 aromatic heterocycles. The number of aromatic nitrogens is 1. The van der Waals surface area contributed by atoms with Crippen molar-refractivity contribution < 1.29 is 0 Å². The zero-order valence-electron chi connectivity index (χ0n) is 11.4. The van der Waals surface area contributed by atoms with E-state index in [1.165, 1.54) is 33.2 Å². The number of hydrogen-bond acceptors (Lipinski definition) is 1. The molecule has 0 spiro atoms. The number of halogens is 1. The highest BCUT2D eigenvalue weighted by molar-refractivity contribution is 9.10. The van der Waals surface area contributed by atoms with Crippen LogP contribution in [0.15, 0.2) is 53.1 Å². The number of nitrogens with zero attached hydrogens (tertiary/aromatic N) is 1. The summed E-state index contributed by atoms with van der Waals surface area (Å²) in [4.78, 5) is 4.71. The number of benzene rings is 2. The molecule has 0 amide bonds. The smallest absolute Gasteiger partial charge is 0.0588 e. The van der Waals surface area contributed by atoms with Gasteiger partial charge in [0, 0.05) is 21.5 Å². The van der Waals surface area contributed by atoms with E-state index in [4.69, 9.17) is 4.98 Å². The van der Waals surface area contributed by atoms with Crippen molar-refractivity contribution in [3.8, 4) is 11.1 Å². The molecule has 1 aliphatic carbocycles. The van der Waals surface area contributed by atoms with E-state index in [0.717, 1.165) is 4.47 Å². The first-order valence-electron chi connectivity index (χ1n) is 6.78. The van der Waals surface area contributed by atoms with Gasteiger partial charge >= 0.3 is 0 Å². The molecule has 0 saturated carbocycles. The van der Waals surface area contributed by atoms with Gasteiger partial charge < -0.3 is 0 Å². The summed E-state index contributed by atoms with van der Waals surface area (Å²) >= 11 is 3.67. The summed E-state index contributed by atoms with van der Waals surface area (Å²) in [5, 5.41) is 2.53. The van der Waals surface area contributed by atoms with Crippen molar-refractivity contribution in [3.05, 3.63) is 64.4 Å². The fourth-order valence-corrected chi connectivity index (χ4v) is 3.81. The molecule has 2 aromatic carbocycles. The molecule has 0 aliphatic heterocycles. The molecule has 3 aromatic rings. The maximum Gasteiger partial charge on any atom is 0.0588 e. The number of hydrogen-bond donors (Lipinski definition) is 0. The quantitative estimate of drug-likeness (QED) is 0.546. The highest BCUT2D eigenvalue weighted by atomic mass is 79.9. The molecule has 0 N–H and O–H groups in total. The Morgan fingerprint density at radius 3 is 2.60 bits per heavy atom. The molecule has 98 valence electrons. The summed E-state index contributed by atoms with van der Waals surface area (Å²) in [7, 11) is 0. The van der Waals surface area contributed by atoms with Gasteiger partial charge in [-0.05, 0) is 34.2 Å². The van der Waals surface area contributed by atoms with Crippen molar-refractivity contribution in [1.82, 2.24) is 4.98 Å². The van der Waals surface area contributed by atoms with Gasteiger partial charge in [0.1, 0.15) is 0 Å². The Hall–Kier alpha value is -1.67. The molecule has 0 bridgehead atoms. The fourth-order valence-electron chi connectivity index (χ4n) is 3.35. The van der Waals surface area contributed by atoms with Crippen LogP contribution in [0.25, 0.3) is 21.9 Å². The maximum absolute atomic E-state index is 4.71. The van der Waals surface area contributed by atoms with E-state index in [1.807, 2.05) is 6.20 Å². The summed E-state index contributed by atoms with van der Waals surface area (Å²) in [6, 6.07) is 15.1. The topological polar surface area (TPSA) is 12.9 Å². The predicted molar refractivity (Wildman–Crippen MR) is 87.0 cm³/mol. The minimum absolute atomic E-state index is 0.0656. The van der Waals surface area contributed by atoms with Crippen molar-refractivity contribution in [2.24, 2.45) is 0 Å². The van der Waals surface area contributed by atoms with Crippen molar-refractivity contribution in [1.29, 1.82) is 0 Å². The Balaban J connectivity index is 2.29. The van der Waals surface area contributed by atoms with Crippen LogP contribution in [0.5, 0.6) is 0 Å². The zero-order valence-corrected chi connectivity index (χ0v) is 13.0. The average Bonchev–Trinajstić information content (AvgIpc) is 2.46. The predicted octanol–water partition coefficient (Wildman–Crippen LogP) is 5.30. The third-order valence-electron chi connectivity index (χ3n) is 4.36. The van der Waals surface area contributed by atoms with Gasteiger partial charge in [-0.15, -0.1) is 0 Å². The van der Waals surface area contributed by atoms with Crippen LogP contribution in [0.3, 0.4) is 0 Å². The largest absolute Gasteiger partial charge is 0.260 e. The summed E-state index contributed by atoms with van der Waals surface area (Å²) in [5.41, 5.74) is 5.08. The van der Waals surface area contributed by atoms with E-state index >= 15 is 0 Å². The van der Waals surface area contributed by atoms with Crippen molar-refractivity contribution in [2.75, 3.05) is 0 Å². The highest BCUT2D eigenvalue weighted by Gasteiger charge is 2.34. The molecule has 1 heterocycles. The molecule has 1 aliphatic rings. The molecule has 4 rings (SSSR count). The summed E-state index contributed by atoms with van der Waals surface area (Å²) in [5.74, 6) is 0. The summed E-state index contributed by atoms with van der Waals surface area (Å²) in [6.07, 6.45) is 1.92. The van der Waals surface area contributed by atoms with Gasteiger partial charge in [-0.1, -0.05) is 60.1 Å². The zero-order chi connectivity index (χ0) is 13.9. The molecule has 20 heavy (non-hydrogen) atoms. The molecule has 0 fully saturated rings. The van der Waals surface area contributed by atoms with Gasteiger partial charge in [-0.3, -0.25) is 4.98 Å². The molecule has 0 radical (unpaired) electrons. The minimum atomic E-state index is -0.0656. The molecule has 2 heteroatoms. The summed E-state index contributed by atoms with van der Waals surface area (Å²) < 4.78 is 1.13. The monoisotopic (exact) mass is 323 g/mol. The van der Waals surface area contributed by atoms with Gasteiger partial charge in [0.2, 0.25) is 0 Å². The van der Waals surface area contributed by atoms with E-state index in [2.05, 4.69) is 72.2 Å². The van der Waals surface area contributed by atoms with Crippen LogP contribution < -0.4 is 0 Å². The van der Waals surface area contributed by atoms with Crippen LogP contribution in [-0.4, -0.2) is 4.98 Å². The molecule has 0 atom stereocenters. The Kier molecular flexibility index (Phi) is 2.37. The standard InChI is InChI=1S/C18H14BrN/c1-18(2)14-6-4-3-5-11(14)12-7-8-15(19)13-9-10-20-17(18)16(12)13/h3-10H,1-2H3. The van der Waals surface area contributed by atoms with E-state index in [1.54, 1.807) is 0 Å². The first-order chi connectivity index (χ1) is 9.60. The Labute approximate surface area is 126 Å². The maximum atomic E-state index is 4.71. The average molecular weight is 324 g/mol. The lowest BCUT2D eigenvalue weighted by atomic mass is 9.71. The van der Waals surface area contributed by atoms with Gasteiger partial charge in [-0.2, -0.15) is 0 Å². The first-order valence-corrected chi connectivity index (χ1v) is 7.57. The SMILES string of the molecule is CC1(C)c2ccccc2-c2ccc(Br)c3ccnc1c23. The lowest BCUT2D eigenvalue weighted by Gasteiger charge is -2.33. The normalized spacial score (nSPS) is 15.2. The van der Waals surface area contributed by atoms with E-state index in [-0.39, 0.29) is 5.41 Å². The van der Waals surface area contributed by atoms with Crippen LogP contribution in [0.4, 0.5) is 0 Å². The van der Waals surface area contributed by atoms with Crippen LogP contribution >= 0.6 is 15.9 Å². The molecular formula is C18H14BrN. The van der Waals surface area contributed by atoms with Crippen LogP contribution in [0.1, 0.15) is 25.1 Å². The highest BCUT2D eigenvalue weighted by Crippen LogP contribution is 2.48. The van der Waals surface area contributed by atoms with Gasteiger partial charge in [0.05, 0.1) is 5.69 Å². The summed E-state index contributed by atoms with van der Waals surface area (Å²) in [6.45, 7) is 4.52. The van der Waals surface area contributed by atoms with Gasteiger partial charge in [0.25, 0.3) is 0 Å². The Morgan fingerprint density at radius 2 is 1.75 bits per heavy atom. The van der Waals surface area contributed by atoms with Crippen molar-refractivity contribution in [2.45, 2.75) is 19.3 Å². The Morgan fingerprint density at radius 1 is 0.950 bits per heavy atom. The lowest BCUT2D eigenvalue weighted by molar-refractivity contribution is 0.622. The van der Waals surface area contributed by atoms with E-state index in [9.17, 15) is 0 Å². The van der Waals surface area contributed by atoms with Crippen LogP contribution in [-0.2, 0) is 5.41 Å². The van der Waals surface area contributed by atoms with Crippen LogP contribution in [0.2, 0.25) is 0 Å². The fraction of sp³-hybridized carbons (Fsp3) is 0.167. The molecule has 0 saturated heterocycles. The third kappa shape index (κ3) is 1.40. The van der Waals surface area contributed by atoms with E-state index < -0.39 is 0 Å². The van der Waals surface area contributed by atoms with Gasteiger partial charge in [-0.25, -0.2) is 0 Å². The van der Waals surface area contributed by atoms with Crippen LogP contribution in [0, 0.1) is 0 Å². The second-order valence-corrected chi connectivity index (χ2v) is 6.70.